The predicted octanol–water partition coefficient (Wildman–Crippen LogP) is 3.84. The van der Waals surface area contributed by atoms with Gasteiger partial charge in [0.2, 0.25) is 0 Å². The Balaban J connectivity index is 1.31. The minimum Gasteiger partial charge on any atom is -0.493 e. The summed E-state index contributed by atoms with van der Waals surface area (Å²) in [6.45, 7) is 8.04. The fourth-order valence-electron chi connectivity index (χ4n) is 4.63. The van der Waals surface area contributed by atoms with Crippen molar-refractivity contribution in [3.63, 3.8) is 0 Å². The van der Waals surface area contributed by atoms with Crippen LogP contribution in [0.3, 0.4) is 0 Å². The molecule has 8 heteroatoms. The van der Waals surface area contributed by atoms with E-state index in [2.05, 4.69) is 11.9 Å². The molecule has 1 aliphatic carbocycles. The first-order valence-electron chi connectivity index (χ1n) is 11.2. The van der Waals surface area contributed by atoms with E-state index in [1.54, 1.807) is 17.0 Å². The number of nitrogens with zero attached hydrogens (tertiary/aromatic N) is 2. The molecule has 1 saturated heterocycles. The number of carbonyl (C=O) groups excluding carboxylic acids is 1. The van der Waals surface area contributed by atoms with Gasteiger partial charge >= 0.3 is 6.03 Å². The number of benzene rings is 2. The molecule has 2 amide bonds. The fraction of sp³-hybridized carbons (Fsp3) is 0.440. The summed E-state index contributed by atoms with van der Waals surface area (Å²) < 4.78 is 29.3. The van der Waals surface area contributed by atoms with Gasteiger partial charge in [-0.15, -0.1) is 0 Å². The maximum Gasteiger partial charge on any atom is 0.345 e. The molecular formula is C25H31N3O4S. The SMILES string of the molecule is CC(C)C(N)=NC(=O)N1CC2C(COc3ccc(-c4ccc(S(C)(=O)=O)cc4)cc3)C2(C)C1. The van der Waals surface area contributed by atoms with Crippen LogP contribution in [0.5, 0.6) is 5.75 Å². The van der Waals surface area contributed by atoms with Gasteiger partial charge in [0.05, 0.1) is 11.5 Å². The van der Waals surface area contributed by atoms with Gasteiger partial charge in [-0.25, -0.2) is 13.2 Å². The molecule has 0 bridgehead atoms. The van der Waals surface area contributed by atoms with E-state index in [1.165, 1.54) is 6.26 Å². The quantitative estimate of drug-likeness (QED) is 0.512. The fourth-order valence-corrected chi connectivity index (χ4v) is 5.26. The average molecular weight is 470 g/mol. The van der Waals surface area contributed by atoms with Gasteiger partial charge in [-0.3, -0.25) is 0 Å². The maximum atomic E-state index is 12.4. The summed E-state index contributed by atoms with van der Waals surface area (Å²) in [5, 5.41) is 0. The average Bonchev–Trinajstić information content (AvgIpc) is 3.13. The van der Waals surface area contributed by atoms with E-state index in [4.69, 9.17) is 10.5 Å². The number of hydrogen-bond donors (Lipinski definition) is 1. The number of amidine groups is 1. The highest BCUT2D eigenvalue weighted by molar-refractivity contribution is 7.90. The van der Waals surface area contributed by atoms with Crippen LogP contribution in [-0.2, 0) is 9.84 Å². The maximum absolute atomic E-state index is 12.4. The molecule has 1 aliphatic heterocycles. The second kappa shape index (κ2) is 8.48. The normalized spacial score (nSPS) is 24.6. The van der Waals surface area contributed by atoms with E-state index >= 15 is 0 Å². The molecule has 7 nitrogen and oxygen atoms in total. The van der Waals surface area contributed by atoms with Crippen molar-refractivity contribution >= 4 is 21.7 Å². The summed E-state index contributed by atoms with van der Waals surface area (Å²) >= 11 is 0. The lowest BCUT2D eigenvalue weighted by atomic mass is 10.1. The molecular weight excluding hydrogens is 438 g/mol. The molecule has 2 aromatic carbocycles. The monoisotopic (exact) mass is 469 g/mol. The van der Waals surface area contributed by atoms with Crippen molar-refractivity contribution in [3.05, 3.63) is 48.5 Å². The van der Waals surface area contributed by atoms with Gasteiger partial charge in [-0.2, -0.15) is 4.99 Å². The van der Waals surface area contributed by atoms with Crippen molar-refractivity contribution in [3.8, 4) is 16.9 Å². The van der Waals surface area contributed by atoms with E-state index in [-0.39, 0.29) is 17.4 Å². The lowest BCUT2D eigenvalue weighted by molar-refractivity contribution is 0.195. The van der Waals surface area contributed by atoms with Gasteiger partial charge in [0.15, 0.2) is 9.84 Å². The van der Waals surface area contributed by atoms with Crippen LogP contribution in [0.4, 0.5) is 4.79 Å². The van der Waals surface area contributed by atoms with Gasteiger partial charge in [-0.1, -0.05) is 45.0 Å². The Morgan fingerprint density at radius 3 is 2.21 bits per heavy atom. The molecule has 4 rings (SSSR count). The molecule has 3 unspecified atom stereocenters. The number of sulfone groups is 1. The first kappa shape index (κ1) is 23.3. The molecule has 1 saturated carbocycles. The number of likely N-dealkylation sites (tertiary alicyclic amines) is 1. The molecule has 0 spiro atoms. The molecule has 2 N–H and O–H groups in total. The predicted molar refractivity (Wildman–Crippen MR) is 129 cm³/mol. The van der Waals surface area contributed by atoms with Gasteiger partial charge in [0, 0.05) is 31.2 Å². The third kappa shape index (κ3) is 4.76. The number of nitrogens with two attached hydrogens (primary N) is 1. The van der Waals surface area contributed by atoms with E-state index < -0.39 is 9.84 Å². The van der Waals surface area contributed by atoms with Crippen LogP contribution in [-0.4, -0.2) is 51.1 Å². The first-order chi connectivity index (χ1) is 15.5. The topological polar surface area (TPSA) is 102 Å². The van der Waals surface area contributed by atoms with E-state index in [1.807, 2.05) is 50.2 Å². The lowest BCUT2D eigenvalue weighted by Crippen LogP contribution is -2.34. The van der Waals surface area contributed by atoms with Crippen LogP contribution in [0.25, 0.3) is 11.1 Å². The minimum atomic E-state index is -3.20. The van der Waals surface area contributed by atoms with Crippen LogP contribution in [0.2, 0.25) is 0 Å². The highest BCUT2D eigenvalue weighted by Gasteiger charge is 2.66. The van der Waals surface area contributed by atoms with Gasteiger partial charge in [-0.05, 0) is 46.7 Å². The molecule has 0 radical (unpaired) electrons. The number of piperidine rings is 1. The number of urea groups is 1. The van der Waals surface area contributed by atoms with Crippen LogP contribution in [0, 0.1) is 23.2 Å². The zero-order valence-electron chi connectivity index (χ0n) is 19.5. The Hall–Kier alpha value is -2.87. The van der Waals surface area contributed by atoms with Crippen molar-refractivity contribution in [2.75, 3.05) is 26.0 Å². The molecule has 2 aromatic rings. The van der Waals surface area contributed by atoms with Gasteiger partial charge < -0.3 is 15.4 Å². The Morgan fingerprint density at radius 2 is 1.73 bits per heavy atom. The molecule has 0 aromatic heterocycles. The number of fused-ring (bicyclic) bond motifs is 1. The smallest absolute Gasteiger partial charge is 0.345 e. The number of aliphatic imine (C=N–C) groups is 1. The first-order valence-corrected chi connectivity index (χ1v) is 13.0. The highest BCUT2D eigenvalue weighted by Crippen LogP contribution is 2.63. The molecule has 33 heavy (non-hydrogen) atoms. The largest absolute Gasteiger partial charge is 0.493 e. The standard InChI is InChI=1S/C25H31N3O4S/c1-16(2)23(26)27-24(29)28-13-21-22(25(21,3)15-28)14-32-19-9-5-17(6-10-19)18-7-11-20(12-8-18)33(4,30)31/h5-12,16,21-22H,13-15H2,1-4H3,(H2,26,27,29). The van der Waals surface area contributed by atoms with E-state index in [0.717, 1.165) is 16.9 Å². The Kier molecular flexibility index (Phi) is 5.99. The number of carbonyl (C=O) groups is 1. The van der Waals surface area contributed by atoms with Crippen molar-refractivity contribution in [1.29, 1.82) is 0 Å². The number of amides is 2. The van der Waals surface area contributed by atoms with E-state index in [0.29, 0.717) is 42.3 Å². The van der Waals surface area contributed by atoms with Crippen LogP contribution < -0.4 is 10.5 Å². The zero-order chi connectivity index (χ0) is 24.0. The second-order valence-electron chi connectivity index (χ2n) is 9.71. The summed E-state index contributed by atoms with van der Waals surface area (Å²) in [6.07, 6.45) is 1.20. The summed E-state index contributed by atoms with van der Waals surface area (Å²) in [6, 6.07) is 14.4. The molecule has 176 valence electrons. The van der Waals surface area contributed by atoms with Crippen molar-refractivity contribution in [2.24, 2.45) is 33.9 Å². The molecule has 3 atom stereocenters. The van der Waals surface area contributed by atoms with Crippen LogP contribution >= 0.6 is 0 Å². The molecule has 2 fully saturated rings. The summed E-state index contributed by atoms with van der Waals surface area (Å²) in [5.74, 6) is 2.06. The van der Waals surface area contributed by atoms with Crippen molar-refractivity contribution < 1.29 is 17.9 Å². The third-order valence-corrected chi connectivity index (χ3v) is 8.13. The zero-order valence-corrected chi connectivity index (χ0v) is 20.3. The van der Waals surface area contributed by atoms with Crippen molar-refractivity contribution in [1.82, 2.24) is 4.90 Å². The number of hydrogen-bond acceptors (Lipinski definition) is 4. The lowest BCUT2D eigenvalue weighted by Gasteiger charge is -2.21. The summed E-state index contributed by atoms with van der Waals surface area (Å²) in [7, 11) is -3.20. The number of rotatable bonds is 6. The van der Waals surface area contributed by atoms with Gasteiger partial charge in [0.25, 0.3) is 0 Å². The number of ether oxygens (including phenoxy) is 1. The third-order valence-electron chi connectivity index (χ3n) is 7.01. The molecule has 1 heterocycles. The van der Waals surface area contributed by atoms with Crippen LogP contribution in [0.15, 0.2) is 58.4 Å². The highest BCUT2D eigenvalue weighted by atomic mass is 32.2. The van der Waals surface area contributed by atoms with Gasteiger partial charge in [0.1, 0.15) is 11.6 Å². The summed E-state index contributed by atoms with van der Waals surface area (Å²) in [4.78, 5) is 18.5. The minimum absolute atomic E-state index is 0.0565. The Morgan fingerprint density at radius 1 is 1.15 bits per heavy atom. The van der Waals surface area contributed by atoms with Crippen LogP contribution in [0.1, 0.15) is 20.8 Å². The summed E-state index contributed by atoms with van der Waals surface area (Å²) in [5.41, 5.74) is 7.84. The molecule has 2 aliphatic rings. The second-order valence-corrected chi connectivity index (χ2v) is 11.7. The van der Waals surface area contributed by atoms with Crippen molar-refractivity contribution in [2.45, 2.75) is 25.7 Å². The Labute approximate surface area is 195 Å². The Bertz CT molecular complexity index is 1170. The van der Waals surface area contributed by atoms with E-state index in [9.17, 15) is 13.2 Å².